The summed E-state index contributed by atoms with van der Waals surface area (Å²) < 4.78 is 43.0. The number of amides is 1. The van der Waals surface area contributed by atoms with Gasteiger partial charge in [-0.3, -0.25) is 9.52 Å². The molecule has 4 atom stereocenters. The van der Waals surface area contributed by atoms with Gasteiger partial charge in [-0.05, 0) is 77.1 Å². The predicted molar refractivity (Wildman–Crippen MR) is 175 cm³/mol. The molecule has 1 amide bonds. The number of hydrogen-bond acceptors (Lipinski definition) is 8. The maximum absolute atomic E-state index is 14.3. The Hall–Kier alpha value is -2.67. The first-order valence-electron chi connectivity index (χ1n) is 16.5. The minimum absolute atomic E-state index is 0.0196. The topological polar surface area (TPSA) is 126 Å². The molecule has 1 aliphatic carbocycles. The molecule has 1 aromatic heterocycles. The largest absolute Gasteiger partial charge is 0.490 e. The fourth-order valence-corrected chi connectivity index (χ4v) is 7.41. The lowest BCUT2D eigenvalue weighted by atomic mass is 9.89. The number of imidazole rings is 1. The number of rotatable bonds is 9. The summed E-state index contributed by atoms with van der Waals surface area (Å²) in [5, 5.41) is 10.1. The molecule has 12 heteroatoms. The Kier molecular flexibility index (Phi) is 12.7. The van der Waals surface area contributed by atoms with Gasteiger partial charge in [0.25, 0.3) is 15.9 Å². The van der Waals surface area contributed by atoms with Gasteiger partial charge in [-0.25, -0.2) is 4.98 Å². The second-order valence-electron chi connectivity index (χ2n) is 13.2. The van der Waals surface area contributed by atoms with Crippen LogP contribution >= 0.6 is 0 Å². The van der Waals surface area contributed by atoms with Crippen molar-refractivity contribution >= 4 is 21.6 Å². The minimum Gasteiger partial charge on any atom is -0.490 e. The Bertz CT molecular complexity index is 1340. The number of aliphatic hydroxyl groups is 1. The van der Waals surface area contributed by atoms with E-state index in [4.69, 9.17) is 9.47 Å². The van der Waals surface area contributed by atoms with Gasteiger partial charge >= 0.3 is 0 Å². The zero-order valence-corrected chi connectivity index (χ0v) is 28.5. The van der Waals surface area contributed by atoms with E-state index in [1.807, 2.05) is 13.8 Å². The van der Waals surface area contributed by atoms with Crippen molar-refractivity contribution in [2.24, 2.45) is 18.9 Å². The maximum Gasteiger partial charge on any atom is 0.280 e. The number of nitrogens with one attached hydrogen (secondary N) is 1. The highest BCUT2D eigenvalue weighted by molar-refractivity contribution is 7.92. The second-order valence-corrected chi connectivity index (χ2v) is 14.8. The number of aliphatic hydroxyl groups excluding tert-OH is 1. The number of fused-ring (bicyclic) bond motifs is 1. The van der Waals surface area contributed by atoms with Gasteiger partial charge in [0.05, 0.1) is 36.7 Å². The first-order chi connectivity index (χ1) is 21.5. The van der Waals surface area contributed by atoms with Gasteiger partial charge in [0.1, 0.15) is 5.75 Å². The molecule has 2 N–H and O–H groups in total. The van der Waals surface area contributed by atoms with E-state index in [2.05, 4.69) is 28.6 Å². The summed E-state index contributed by atoms with van der Waals surface area (Å²) in [5.74, 6) is 0.741. The number of ether oxygens (including phenoxy) is 2. The lowest BCUT2D eigenvalue weighted by Gasteiger charge is -2.36. The van der Waals surface area contributed by atoms with E-state index in [-0.39, 0.29) is 46.9 Å². The predicted octanol–water partition coefficient (Wildman–Crippen LogP) is 4.53. The summed E-state index contributed by atoms with van der Waals surface area (Å²) in [4.78, 5) is 22.3. The second kappa shape index (κ2) is 16.2. The van der Waals surface area contributed by atoms with Gasteiger partial charge in [0.2, 0.25) is 0 Å². The molecule has 252 valence electrons. The highest BCUT2D eigenvalue weighted by Crippen LogP contribution is 2.30. The fourth-order valence-electron chi connectivity index (χ4n) is 6.38. The van der Waals surface area contributed by atoms with Gasteiger partial charge in [-0.2, -0.15) is 8.42 Å². The lowest BCUT2D eigenvalue weighted by Crippen LogP contribution is -2.47. The van der Waals surface area contributed by atoms with Gasteiger partial charge < -0.3 is 28.9 Å². The van der Waals surface area contributed by atoms with E-state index in [0.717, 1.165) is 32.4 Å². The van der Waals surface area contributed by atoms with Gasteiger partial charge in [0.15, 0.2) is 5.03 Å². The van der Waals surface area contributed by atoms with Crippen LogP contribution in [0.25, 0.3) is 0 Å². The smallest absolute Gasteiger partial charge is 0.280 e. The van der Waals surface area contributed by atoms with E-state index in [1.165, 1.54) is 50.7 Å². The third kappa shape index (κ3) is 9.91. The van der Waals surface area contributed by atoms with Crippen LogP contribution in [0.5, 0.6) is 5.75 Å². The van der Waals surface area contributed by atoms with E-state index < -0.39 is 16.1 Å². The van der Waals surface area contributed by atoms with Crippen LogP contribution in [0.4, 0.5) is 5.69 Å². The van der Waals surface area contributed by atoms with Crippen molar-refractivity contribution in [1.82, 2.24) is 19.4 Å². The van der Waals surface area contributed by atoms with E-state index >= 15 is 0 Å². The summed E-state index contributed by atoms with van der Waals surface area (Å²) in [6, 6.07) is 4.28. The molecule has 11 nitrogen and oxygen atoms in total. The standard InChI is InChI=1S/C33H53N5O6S/c1-24-18-38(25(2)22-39)33(40)29-17-28(35-45(41,42)32-21-37(5)23-34-32)14-15-30(29)44-26(3)11-9-10-16-43-31(24)20-36(4)19-27-12-7-6-8-13-27/h14-15,17,21,23-27,31,35,39H,6-13,16,18-20,22H2,1-5H3/t24-,25-,26+,31+/m0/s1. The molecule has 4 rings (SSSR count). The van der Waals surface area contributed by atoms with Crippen molar-refractivity contribution in [3.8, 4) is 5.75 Å². The molecule has 0 radical (unpaired) electrons. The molecular weight excluding hydrogens is 594 g/mol. The van der Waals surface area contributed by atoms with Crippen molar-refractivity contribution in [2.75, 3.05) is 44.6 Å². The average Bonchev–Trinajstić information content (AvgIpc) is 3.46. The zero-order valence-electron chi connectivity index (χ0n) is 27.7. The number of likely N-dealkylation sites (N-methyl/N-ethyl adjacent to an activating group) is 1. The van der Waals surface area contributed by atoms with Crippen LogP contribution in [0.3, 0.4) is 0 Å². The Balaban J connectivity index is 1.61. The lowest BCUT2D eigenvalue weighted by molar-refractivity contribution is -0.0190. The number of anilines is 1. The molecule has 1 aromatic carbocycles. The van der Waals surface area contributed by atoms with Crippen LogP contribution in [0, 0.1) is 11.8 Å². The monoisotopic (exact) mass is 647 g/mol. The van der Waals surface area contributed by atoms with Gasteiger partial charge in [-0.15, -0.1) is 0 Å². The van der Waals surface area contributed by atoms with Crippen molar-refractivity contribution in [3.63, 3.8) is 0 Å². The molecule has 2 aromatic rings. The van der Waals surface area contributed by atoms with Crippen molar-refractivity contribution in [3.05, 3.63) is 36.3 Å². The molecule has 1 aliphatic heterocycles. The van der Waals surface area contributed by atoms with Crippen molar-refractivity contribution < 1.29 is 27.8 Å². The third-order valence-electron chi connectivity index (χ3n) is 9.05. The summed E-state index contributed by atoms with van der Waals surface area (Å²) in [7, 11) is -0.121. The SMILES string of the molecule is C[C@@H]1CCCCO[C@H](CN(C)CC2CCCCC2)[C@@H](C)CN([C@@H](C)CO)C(=O)c2cc(NS(=O)(=O)c3cn(C)cn3)ccc2O1. The first-order valence-corrected chi connectivity index (χ1v) is 18.0. The number of sulfonamides is 1. The van der Waals surface area contributed by atoms with Gasteiger partial charge in [0, 0.05) is 51.1 Å². The highest BCUT2D eigenvalue weighted by atomic mass is 32.2. The average molecular weight is 648 g/mol. The Morgan fingerprint density at radius 3 is 2.53 bits per heavy atom. The Morgan fingerprint density at radius 1 is 1.11 bits per heavy atom. The number of hydrogen-bond donors (Lipinski definition) is 2. The van der Waals surface area contributed by atoms with Crippen LogP contribution in [0.15, 0.2) is 35.7 Å². The number of carbonyl (C=O) groups excluding carboxylic acids is 1. The Morgan fingerprint density at radius 2 is 1.84 bits per heavy atom. The molecule has 0 spiro atoms. The van der Waals surface area contributed by atoms with Crippen LogP contribution in [-0.4, -0.2) is 96.9 Å². The number of nitrogens with zero attached hydrogens (tertiary/aromatic N) is 4. The Labute approximate surface area is 269 Å². The molecule has 0 saturated heterocycles. The number of aryl methyl sites for hydroxylation is 1. The first kappa shape index (κ1) is 35.2. The minimum atomic E-state index is -3.98. The number of aromatic nitrogens is 2. The quantitative estimate of drug-likeness (QED) is 0.407. The fraction of sp³-hybridized carbons (Fsp3) is 0.697. The molecule has 1 fully saturated rings. The van der Waals surface area contributed by atoms with Crippen LogP contribution in [0.2, 0.25) is 0 Å². The highest BCUT2D eigenvalue weighted by Gasteiger charge is 2.31. The molecule has 45 heavy (non-hydrogen) atoms. The third-order valence-corrected chi connectivity index (χ3v) is 10.3. The van der Waals surface area contributed by atoms with Crippen molar-refractivity contribution in [2.45, 2.75) is 95.4 Å². The maximum atomic E-state index is 14.3. The van der Waals surface area contributed by atoms with Crippen LogP contribution in [-0.2, 0) is 21.8 Å². The molecule has 2 aliphatic rings. The van der Waals surface area contributed by atoms with E-state index in [9.17, 15) is 18.3 Å². The molecule has 1 saturated carbocycles. The number of benzene rings is 1. The molecule has 0 unspecified atom stereocenters. The summed E-state index contributed by atoms with van der Waals surface area (Å²) in [6.45, 7) is 8.48. The molecule has 2 heterocycles. The molecule has 0 bridgehead atoms. The van der Waals surface area contributed by atoms with E-state index in [1.54, 1.807) is 28.6 Å². The normalized spacial score (nSPS) is 23.7. The molecular formula is C33H53N5O6S. The van der Waals surface area contributed by atoms with Crippen LogP contribution < -0.4 is 9.46 Å². The zero-order chi connectivity index (χ0) is 32.6. The summed E-state index contributed by atoms with van der Waals surface area (Å²) >= 11 is 0. The number of carbonyl (C=O) groups is 1. The van der Waals surface area contributed by atoms with Crippen molar-refractivity contribution in [1.29, 1.82) is 0 Å². The summed E-state index contributed by atoms with van der Waals surface area (Å²) in [6.07, 6.45) is 11.7. The van der Waals surface area contributed by atoms with E-state index in [0.29, 0.717) is 24.8 Å². The van der Waals surface area contributed by atoms with Gasteiger partial charge in [-0.1, -0.05) is 26.2 Å². The summed E-state index contributed by atoms with van der Waals surface area (Å²) in [5.41, 5.74) is 0.458. The van der Waals surface area contributed by atoms with Crippen LogP contribution in [0.1, 0.15) is 82.5 Å².